The molecule has 0 spiro atoms. The normalized spacial score (nSPS) is 16.1. The van der Waals surface area contributed by atoms with E-state index in [1.807, 2.05) is 33.0 Å². The molecule has 1 fully saturated rings. The van der Waals surface area contributed by atoms with Crippen LogP contribution in [-0.4, -0.2) is 43.9 Å². The second-order valence-electron chi connectivity index (χ2n) is 8.16. The number of rotatable bonds is 1. The molecule has 3 heterocycles. The Balaban J connectivity index is 1.64. The molecule has 0 N–H and O–H groups in total. The summed E-state index contributed by atoms with van der Waals surface area (Å²) in [7, 11) is 0. The number of nitrogens with zero attached hydrogens (tertiary/aromatic N) is 4. The largest absolute Gasteiger partial charge is 0.444 e. The monoisotopic (exact) mass is 402 g/mol. The molecule has 0 radical (unpaired) electrons. The highest BCUT2D eigenvalue weighted by Crippen LogP contribution is 2.29. The Bertz CT molecular complexity index is 1100. The molecule has 2 aromatic heterocycles. The lowest BCUT2D eigenvalue weighted by Crippen LogP contribution is -2.42. The number of likely N-dealkylation sites (tertiary alicyclic amines) is 1. The highest BCUT2D eigenvalue weighted by Gasteiger charge is 2.28. The maximum absolute atomic E-state index is 12.3. The summed E-state index contributed by atoms with van der Waals surface area (Å²) in [6.07, 6.45) is 3.09. The molecule has 1 saturated heterocycles. The van der Waals surface area contributed by atoms with Crippen molar-refractivity contribution in [1.82, 2.24) is 19.1 Å². The molecule has 0 unspecified atom stereocenters. The van der Waals surface area contributed by atoms with Crippen molar-refractivity contribution < 1.29 is 9.53 Å². The topological polar surface area (TPSA) is 68.8 Å². The maximum Gasteiger partial charge on any atom is 0.410 e. The minimum atomic E-state index is -0.503. The Morgan fingerprint density at radius 1 is 1.21 bits per heavy atom. The fourth-order valence-corrected chi connectivity index (χ4v) is 3.85. The van der Waals surface area contributed by atoms with Crippen LogP contribution in [0.5, 0.6) is 0 Å². The van der Waals surface area contributed by atoms with E-state index in [2.05, 4.69) is 9.67 Å². The third-order valence-electron chi connectivity index (χ3n) is 4.95. The average molecular weight is 403 g/mol. The number of amides is 1. The molecule has 1 aromatic carbocycles. The molecule has 28 heavy (non-hydrogen) atoms. The fourth-order valence-electron chi connectivity index (χ4n) is 3.68. The highest BCUT2D eigenvalue weighted by molar-refractivity contribution is 6.31. The maximum atomic E-state index is 12.3. The van der Waals surface area contributed by atoms with Crippen LogP contribution in [0, 0.1) is 0 Å². The minimum absolute atomic E-state index is 0.164. The first-order valence-corrected chi connectivity index (χ1v) is 9.78. The number of ether oxygens (including phenoxy) is 1. The zero-order valence-corrected chi connectivity index (χ0v) is 16.9. The van der Waals surface area contributed by atoms with Gasteiger partial charge in [-0.25, -0.2) is 4.79 Å². The van der Waals surface area contributed by atoms with E-state index in [1.165, 1.54) is 10.6 Å². The molecule has 1 aliphatic rings. The summed E-state index contributed by atoms with van der Waals surface area (Å²) in [4.78, 5) is 26.4. The van der Waals surface area contributed by atoms with E-state index in [-0.39, 0.29) is 17.7 Å². The van der Waals surface area contributed by atoms with Gasteiger partial charge in [0.1, 0.15) is 11.2 Å². The van der Waals surface area contributed by atoms with Gasteiger partial charge in [-0.05, 0) is 51.8 Å². The summed E-state index contributed by atoms with van der Waals surface area (Å²) in [6.45, 7) is 6.81. The van der Waals surface area contributed by atoms with Crippen molar-refractivity contribution in [2.45, 2.75) is 45.3 Å². The van der Waals surface area contributed by atoms with Crippen LogP contribution in [0.1, 0.15) is 39.7 Å². The average Bonchev–Trinajstić information content (AvgIpc) is 3.00. The Kier molecular flexibility index (Phi) is 4.57. The first kappa shape index (κ1) is 18.8. The number of carbonyl (C=O) groups is 1. The third-order valence-corrected chi connectivity index (χ3v) is 5.18. The number of piperidine rings is 1. The second kappa shape index (κ2) is 6.81. The Hall–Kier alpha value is -2.54. The summed E-state index contributed by atoms with van der Waals surface area (Å²) in [5, 5.41) is 5.90. The third kappa shape index (κ3) is 3.46. The quantitative estimate of drug-likeness (QED) is 0.619. The molecule has 0 saturated carbocycles. The van der Waals surface area contributed by atoms with Gasteiger partial charge < -0.3 is 14.2 Å². The molecule has 3 aromatic rings. The predicted octanol–water partition coefficient (Wildman–Crippen LogP) is 3.87. The van der Waals surface area contributed by atoms with Gasteiger partial charge in [0.2, 0.25) is 0 Å². The number of carbonyl (C=O) groups excluding carboxylic acids is 1. The van der Waals surface area contributed by atoms with Gasteiger partial charge in [0.15, 0.2) is 0 Å². The highest BCUT2D eigenvalue weighted by atomic mass is 35.5. The molecule has 148 valence electrons. The van der Waals surface area contributed by atoms with Crippen LogP contribution in [-0.2, 0) is 4.74 Å². The van der Waals surface area contributed by atoms with Gasteiger partial charge in [-0.1, -0.05) is 11.6 Å². The van der Waals surface area contributed by atoms with Gasteiger partial charge in [-0.15, -0.1) is 0 Å². The number of halogens is 1. The van der Waals surface area contributed by atoms with E-state index >= 15 is 0 Å². The van der Waals surface area contributed by atoms with Crippen LogP contribution in [0.15, 0.2) is 35.3 Å². The lowest BCUT2D eigenvalue weighted by Gasteiger charge is -2.34. The fraction of sp³-hybridized carbons (Fsp3) is 0.450. The molecule has 4 rings (SSSR count). The lowest BCUT2D eigenvalue weighted by atomic mass is 10.0. The molecule has 0 atom stereocenters. The van der Waals surface area contributed by atoms with Crippen LogP contribution in [0.3, 0.4) is 0 Å². The van der Waals surface area contributed by atoms with Crippen LogP contribution in [0.4, 0.5) is 4.79 Å². The van der Waals surface area contributed by atoms with Gasteiger partial charge in [0.05, 0.1) is 5.52 Å². The van der Waals surface area contributed by atoms with Crippen LogP contribution >= 0.6 is 11.6 Å². The summed E-state index contributed by atoms with van der Waals surface area (Å²) in [6, 6.07) is 7.15. The Labute approximate surface area is 167 Å². The molecular formula is C20H23ClN4O3. The van der Waals surface area contributed by atoms with Crippen molar-refractivity contribution in [3.63, 3.8) is 0 Å². The van der Waals surface area contributed by atoms with Gasteiger partial charge in [-0.2, -0.15) is 9.61 Å². The molecular weight excluding hydrogens is 380 g/mol. The van der Waals surface area contributed by atoms with Gasteiger partial charge in [-0.3, -0.25) is 4.79 Å². The SMILES string of the molecule is CC(C)(C)OC(=O)N1CCC(n2ccc(=O)n3nc4cc(Cl)ccc4c23)CC1. The van der Waals surface area contributed by atoms with Crippen molar-refractivity contribution in [2.24, 2.45) is 0 Å². The summed E-state index contributed by atoms with van der Waals surface area (Å²) in [5.74, 6) is 0. The van der Waals surface area contributed by atoms with Crippen molar-refractivity contribution in [3.05, 3.63) is 45.8 Å². The number of fused-ring (bicyclic) bond motifs is 3. The zero-order valence-electron chi connectivity index (χ0n) is 16.2. The van der Waals surface area contributed by atoms with Gasteiger partial charge >= 0.3 is 6.09 Å². The van der Waals surface area contributed by atoms with E-state index < -0.39 is 5.60 Å². The first-order valence-electron chi connectivity index (χ1n) is 9.40. The Morgan fingerprint density at radius 3 is 2.61 bits per heavy atom. The number of hydrogen-bond acceptors (Lipinski definition) is 4. The van der Waals surface area contributed by atoms with Crippen molar-refractivity contribution in [2.75, 3.05) is 13.1 Å². The molecule has 0 bridgehead atoms. The molecule has 7 nitrogen and oxygen atoms in total. The Morgan fingerprint density at radius 2 is 1.93 bits per heavy atom. The number of hydrogen-bond donors (Lipinski definition) is 0. The summed E-state index contributed by atoms with van der Waals surface area (Å²) in [5.41, 5.74) is 0.770. The number of aromatic nitrogens is 3. The van der Waals surface area contributed by atoms with E-state index in [9.17, 15) is 9.59 Å². The second-order valence-corrected chi connectivity index (χ2v) is 8.59. The van der Waals surface area contributed by atoms with E-state index in [4.69, 9.17) is 16.3 Å². The minimum Gasteiger partial charge on any atom is -0.444 e. The summed E-state index contributed by atoms with van der Waals surface area (Å²) < 4.78 is 9.00. The smallest absolute Gasteiger partial charge is 0.410 e. The van der Waals surface area contributed by atoms with Crippen LogP contribution < -0.4 is 5.56 Å². The van der Waals surface area contributed by atoms with E-state index in [0.717, 1.165) is 23.9 Å². The van der Waals surface area contributed by atoms with Gasteiger partial charge in [0, 0.05) is 41.8 Å². The molecule has 0 aliphatic carbocycles. The van der Waals surface area contributed by atoms with Crippen LogP contribution in [0.2, 0.25) is 5.02 Å². The predicted molar refractivity (Wildman–Crippen MR) is 108 cm³/mol. The van der Waals surface area contributed by atoms with E-state index in [1.54, 1.807) is 17.0 Å². The lowest BCUT2D eigenvalue weighted by molar-refractivity contribution is 0.0189. The first-order chi connectivity index (χ1) is 13.2. The number of benzene rings is 1. The summed E-state index contributed by atoms with van der Waals surface area (Å²) >= 11 is 6.08. The molecule has 1 amide bonds. The van der Waals surface area contributed by atoms with Crippen molar-refractivity contribution in [1.29, 1.82) is 0 Å². The molecule has 1 aliphatic heterocycles. The van der Waals surface area contributed by atoms with Crippen molar-refractivity contribution >= 4 is 34.2 Å². The standard InChI is InChI=1S/C20H23ClN4O3/c1-20(2,3)28-19(27)23-9-6-14(7-10-23)24-11-8-17(26)25-18(24)15-5-4-13(21)12-16(15)22-25/h4-5,8,11-12,14H,6-7,9-10H2,1-3H3. The van der Waals surface area contributed by atoms with Crippen molar-refractivity contribution in [3.8, 4) is 0 Å². The van der Waals surface area contributed by atoms with E-state index in [0.29, 0.717) is 23.6 Å². The van der Waals surface area contributed by atoms with Crippen LogP contribution in [0.25, 0.3) is 16.6 Å². The molecule has 8 heteroatoms. The van der Waals surface area contributed by atoms with Gasteiger partial charge in [0.25, 0.3) is 5.56 Å². The zero-order chi connectivity index (χ0) is 20.1.